The molecule has 68 valence electrons. The molecule has 0 aliphatic carbocycles. The number of nitrogens with zero attached hydrogens (tertiary/aromatic N) is 1. The molecule has 2 aliphatic heterocycles. The monoisotopic (exact) mass is 167 g/mol. The maximum absolute atomic E-state index is 11.3. The maximum Gasteiger partial charge on any atom is 0.136 e. The molecule has 12 heavy (non-hydrogen) atoms. The largest absolute Gasteiger partial charge is 0.300 e. The molecule has 0 spiro atoms. The second-order valence-corrected chi connectivity index (χ2v) is 4.50. The van der Waals surface area contributed by atoms with E-state index in [1.54, 1.807) is 0 Å². The van der Waals surface area contributed by atoms with Gasteiger partial charge in [-0.1, -0.05) is 6.92 Å². The number of rotatable bonds is 0. The minimum absolute atomic E-state index is 0.481. The van der Waals surface area contributed by atoms with Crippen LogP contribution in [0.2, 0.25) is 0 Å². The van der Waals surface area contributed by atoms with Crippen LogP contribution in [-0.2, 0) is 4.79 Å². The summed E-state index contributed by atoms with van der Waals surface area (Å²) < 4.78 is 0. The predicted octanol–water partition coefficient (Wildman–Crippen LogP) is 1.45. The molecule has 0 amide bonds. The second-order valence-electron chi connectivity index (χ2n) is 4.50. The maximum atomic E-state index is 11.3. The first-order valence-corrected chi connectivity index (χ1v) is 4.90. The van der Waals surface area contributed by atoms with Gasteiger partial charge in [0.05, 0.1) is 0 Å². The van der Waals surface area contributed by atoms with E-state index < -0.39 is 0 Å². The fourth-order valence-electron chi connectivity index (χ4n) is 2.72. The molecule has 0 aromatic heterocycles. The lowest BCUT2D eigenvalue weighted by molar-refractivity contribution is -0.127. The van der Waals surface area contributed by atoms with Gasteiger partial charge in [0.2, 0.25) is 0 Å². The second kappa shape index (κ2) is 2.84. The summed E-state index contributed by atoms with van der Waals surface area (Å²) in [5.41, 5.74) is 0. The van der Waals surface area contributed by atoms with Crippen LogP contribution in [0.5, 0.6) is 0 Å². The van der Waals surface area contributed by atoms with Gasteiger partial charge in [-0.2, -0.15) is 0 Å². The highest BCUT2D eigenvalue weighted by molar-refractivity contribution is 5.80. The van der Waals surface area contributed by atoms with Gasteiger partial charge in [0, 0.05) is 24.9 Å². The highest BCUT2D eigenvalue weighted by atomic mass is 16.1. The fraction of sp³-hybridized carbons (Fsp3) is 0.900. The average Bonchev–Trinajstić information content (AvgIpc) is 1.94. The number of carbonyl (C=O) groups excluding carboxylic acids is 1. The Bertz CT molecular complexity index is 184. The number of hydrogen-bond acceptors (Lipinski definition) is 2. The van der Waals surface area contributed by atoms with Gasteiger partial charge < -0.3 is 0 Å². The van der Waals surface area contributed by atoms with Gasteiger partial charge in [-0.3, -0.25) is 9.69 Å². The number of Topliss-reactive ketones (excluding diaryl/α,β-unsaturated/α-hetero) is 1. The van der Waals surface area contributed by atoms with E-state index in [0.29, 0.717) is 17.9 Å². The summed E-state index contributed by atoms with van der Waals surface area (Å²) >= 11 is 0. The van der Waals surface area contributed by atoms with Crippen LogP contribution < -0.4 is 0 Å². The van der Waals surface area contributed by atoms with Gasteiger partial charge in [0.1, 0.15) is 5.78 Å². The summed E-state index contributed by atoms with van der Waals surface area (Å²) in [4.78, 5) is 13.7. The third kappa shape index (κ3) is 1.28. The minimum atomic E-state index is 0.481. The van der Waals surface area contributed by atoms with E-state index in [2.05, 4.69) is 18.9 Å². The zero-order chi connectivity index (χ0) is 8.72. The van der Waals surface area contributed by atoms with Gasteiger partial charge in [-0.15, -0.1) is 0 Å². The van der Waals surface area contributed by atoms with Crippen molar-refractivity contribution in [1.29, 1.82) is 0 Å². The molecule has 2 atom stereocenters. The van der Waals surface area contributed by atoms with Gasteiger partial charge >= 0.3 is 0 Å². The van der Waals surface area contributed by atoms with E-state index in [1.165, 1.54) is 12.8 Å². The Morgan fingerprint density at radius 1 is 1.25 bits per heavy atom. The summed E-state index contributed by atoms with van der Waals surface area (Å²) in [7, 11) is 2.17. The Morgan fingerprint density at radius 3 is 2.25 bits per heavy atom. The summed E-state index contributed by atoms with van der Waals surface area (Å²) in [5.74, 6) is 1.30. The Kier molecular flexibility index (Phi) is 1.95. The highest BCUT2D eigenvalue weighted by Gasteiger charge is 2.37. The molecule has 2 nitrogen and oxygen atoms in total. The third-order valence-corrected chi connectivity index (χ3v) is 3.43. The number of carbonyl (C=O) groups is 1. The zero-order valence-corrected chi connectivity index (χ0v) is 7.92. The van der Waals surface area contributed by atoms with Crippen LogP contribution in [0.3, 0.4) is 0 Å². The summed E-state index contributed by atoms with van der Waals surface area (Å²) in [6.45, 7) is 2.31. The van der Waals surface area contributed by atoms with E-state index in [-0.39, 0.29) is 0 Å². The zero-order valence-electron chi connectivity index (χ0n) is 7.92. The van der Waals surface area contributed by atoms with Crippen molar-refractivity contribution in [2.45, 2.75) is 44.7 Å². The molecule has 2 fully saturated rings. The van der Waals surface area contributed by atoms with E-state index in [0.717, 1.165) is 18.8 Å². The first-order valence-electron chi connectivity index (χ1n) is 4.90. The first kappa shape index (κ1) is 8.24. The lowest BCUT2D eigenvalue weighted by Gasteiger charge is -2.45. The van der Waals surface area contributed by atoms with Crippen molar-refractivity contribution in [2.75, 3.05) is 7.05 Å². The highest BCUT2D eigenvalue weighted by Crippen LogP contribution is 2.33. The SMILES string of the molecule is CC1CC2CC(=O)CC(C1)N2C. The van der Waals surface area contributed by atoms with Gasteiger partial charge in [0.25, 0.3) is 0 Å². The molecule has 0 aromatic rings. The number of fused-ring (bicyclic) bond motifs is 2. The van der Waals surface area contributed by atoms with Crippen molar-refractivity contribution in [1.82, 2.24) is 4.90 Å². The molecule has 2 unspecified atom stereocenters. The molecule has 2 heterocycles. The lowest BCUT2D eigenvalue weighted by Crippen LogP contribution is -2.51. The lowest BCUT2D eigenvalue weighted by atomic mass is 9.79. The molecule has 0 aromatic carbocycles. The van der Waals surface area contributed by atoms with Gasteiger partial charge in [0.15, 0.2) is 0 Å². The summed E-state index contributed by atoms with van der Waals surface area (Å²) in [5, 5.41) is 0. The van der Waals surface area contributed by atoms with Crippen molar-refractivity contribution in [3.8, 4) is 0 Å². The topological polar surface area (TPSA) is 20.3 Å². The Morgan fingerprint density at radius 2 is 1.75 bits per heavy atom. The van der Waals surface area contributed by atoms with Crippen LogP contribution in [0.1, 0.15) is 32.6 Å². The smallest absolute Gasteiger partial charge is 0.136 e. The molecule has 2 heteroatoms. The Balaban J connectivity index is 2.13. The molecule has 2 bridgehead atoms. The van der Waals surface area contributed by atoms with Crippen molar-refractivity contribution < 1.29 is 4.79 Å². The van der Waals surface area contributed by atoms with E-state index in [4.69, 9.17) is 0 Å². The summed E-state index contributed by atoms with van der Waals surface area (Å²) in [6, 6.07) is 1.11. The average molecular weight is 167 g/mol. The van der Waals surface area contributed by atoms with Crippen molar-refractivity contribution in [2.24, 2.45) is 5.92 Å². The quantitative estimate of drug-likeness (QED) is 0.544. The fourth-order valence-corrected chi connectivity index (χ4v) is 2.72. The molecule has 0 saturated carbocycles. The molecule has 0 radical (unpaired) electrons. The van der Waals surface area contributed by atoms with Gasteiger partial charge in [-0.25, -0.2) is 0 Å². The van der Waals surface area contributed by atoms with Crippen molar-refractivity contribution >= 4 is 5.78 Å². The van der Waals surface area contributed by atoms with Crippen LogP contribution >= 0.6 is 0 Å². The van der Waals surface area contributed by atoms with Gasteiger partial charge in [-0.05, 0) is 25.8 Å². The molecule has 0 N–H and O–H groups in total. The number of piperidine rings is 2. The Hall–Kier alpha value is -0.370. The van der Waals surface area contributed by atoms with Crippen molar-refractivity contribution in [3.05, 3.63) is 0 Å². The van der Waals surface area contributed by atoms with E-state index in [9.17, 15) is 4.79 Å². The van der Waals surface area contributed by atoms with Crippen LogP contribution in [0, 0.1) is 5.92 Å². The van der Waals surface area contributed by atoms with Crippen LogP contribution in [-0.4, -0.2) is 29.8 Å². The molecular weight excluding hydrogens is 150 g/mol. The normalized spacial score (nSPS) is 43.2. The summed E-state index contributed by atoms with van der Waals surface area (Å²) in [6.07, 6.45) is 4.05. The first-order chi connectivity index (χ1) is 5.66. The molecular formula is C10H17NO. The van der Waals surface area contributed by atoms with Crippen molar-refractivity contribution in [3.63, 3.8) is 0 Å². The van der Waals surface area contributed by atoms with E-state index in [1.807, 2.05) is 0 Å². The minimum Gasteiger partial charge on any atom is -0.300 e. The van der Waals surface area contributed by atoms with Crippen LogP contribution in [0.25, 0.3) is 0 Å². The molecule has 2 saturated heterocycles. The molecule has 2 aliphatic rings. The number of ketones is 1. The van der Waals surface area contributed by atoms with E-state index >= 15 is 0 Å². The predicted molar refractivity (Wildman–Crippen MR) is 48.0 cm³/mol. The third-order valence-electron chi connectivity index (χ3n) is 3.43. The number of hydrogen-bond donors (Lipinski definition) is 0. The Labute approximate surface area is 73.9 Å². The molecule has 2 rings (SSSR count). The standard InChI is InChI=1S/C10H17NO/c1-7-3-8-5-10(12)6-9(4-7)11(8)2/h7-9H,3-6H2,1-2H3. The van der Waals surface area contributed by atoms with Crippen LogP contribution in [0.15, 0.2) is 0 Å². The van der Waals surface area contributed by atoms with Crippen LogP contribution in [0.4, 0.5) is 0 Å².